The van der Waals surface area contributed by atoms with Gasteiger partial charge in [-0.1, -0.05) is 20.8 Å². The fourth-order valence-corrected chi connectivity index (χ4v) is 2.37. The summed E-state index contributed by atoms with van der Waals surface area (Å²) in [4.78, 5) is 11.3. The highest BCUT2D eigenvalue weighted by Gasteiger charge is 2.23. The van der Waals surface area contributed by atoms with Gasteiger partial charge in [-0.3, -0.25) is 9.20 Å². The number of amides is 1. The molecule has 0 radical (unpaired) electrons. The third kappa shape index (κ3) is 2.08. The predicted molar refractivity (Wildman–Crippen MR) is 72.0 cm³/mol. The molecule has 0 saturated heterocycles. The summed E-state index contributed by atoms with van der Waals surface area (Å²) in [6.45, 7) is 6.24. The number of nitrogens with two attached hydrogens (primary N) is 1. The second kappa shape index (κ2) is 4.28. The summed E-state index contributed by atoms with van der Waals surface area (Å²) in [5.74, 6) is 0.422. The van der Waals surface area contributed by atoms with Gasteiger partial charge in [0.15, 0.2) is 5.65 Å². The highest BCUT2D eigenvalue weighted by Crippen LogP contribution is 2.26. The quantitative estimate of drug-likeness (QED) is 0.840. The molecule has 5 nitrogen and oxygen atoms in total. The van der Waals surface area contributed by atoms with Gasteiger partial charge >= 0.3 is 0 Å². The van der Waals surface area contributed by atoms with Crippen LogP contribution in [0.5, 0.6) is 0 Å². The van der Waals surface area contributed by atoms with Crippen molar-refractivity contribution in [3.8, 4) is 0 Å². The SMILES string of the molecule is CSc1cc(C(N)=O)cc2nnc(C(C)(C)C)n12. The fraction of sp³-hybridized carbons (Fsp3) is 0.417. The molecule has 0 aliphatic heterocycles. The summed E-state index contributed by atoms with van der Waals surface area (Å²) >= 11 is 1.54. The monoisotopic (exact) mass is 264 g/mol. The van der Waals surface area contributed by atoms with E-state index in [1.165, 1.54) is 11.8 Å². The van der Waals surface area contributed by atoms with Crippen LogP contribution in [0.25, 0.3) is 5.65 Å². The zero-order valence-electron chi connectivity index (χ0n) is 10.9. The van der Waals surface area contributed by atoms with E-state index < -0.39 is 5.91 Å². The maximum absolute atomic E-state index is 11.3. The summed E-state index contributed by atoms with van der Waals surface area (Å²) in [6, 6.07) is 3.45. The van der Waals surface area contributed by atoms with Crippen LogP contribution in [0.15, 0.2) is 17.2 Å². The summed E-state index contributed by atoms with van der Waals surface area (Å²) in [7, 11) is 0. The molecule has 2 heterocycles. The molecule has 0 fully saturated rings. The van der Waals surface area contributed by atoms with Crippen molar-refractivity contribution < 1.29 is 4.79 Å². The van der Waals surface area contributed by atoms with E-state index in [9.17, 15) is 4.79 Å². The summed E-state index contributed by atoms with van der Waals surface area (Å²) in [6.07, 6.45) is 1.95. The van der Waals surface area contributed by atoms with Gasteiger partial charge in [-0.25, -0.2) is 0 Å². The number of pyridine rings is 1. The van der Waals surface area contributed by atoms with Gasteiger partial charge in [-0.05, 0) is 18.4 Å². The van der Waals surface area contributed by atoms with Crippen molar-refractivity contribution in [3.63, 3.8) is 0 Å². The van der Waals surface area contributed by atoms with Crippen LogP contribution in [-0.4, -0.2) is 26.8 Å². The summed E-state index contributed by atoms with van der Waals surface area (Å²) < 4.78 is 1.97. The van der Waals surface area contributed by atoms with Crippen LogP contribution in [0.3, 0.4) is 0 Å². The number of rotatable bonds is 2. The minimum absolute atomic E-state index is 0.113. The number of carbonyl (C=O) groups is 1. The first-order chi connectivity index (χ1) is 8.34. The molecule has 2 N–H and O–H groups in total. The second-order valence-electron chi connectivity index (χ2n) is 5.12. The molecule has 0 saturated carbocycles. The first kappa shape index (κ1) is 12.9. The third-order valence-corrected chi connectivity index (χ3v) is 3.36. The number of fused-ring (bicyclic) bond motifs is 1. The van der Waals surface area contributed by atoms with Crippen LogP contribution in [0.2, 0.25) is 0 Å². The molecule has 0 unspecified atom stereocenters. The summed E-state index contributed by atoms with van der Waals surface area (Å²) in [5.41, 5.74) is 6.31. The molecule has 0 atom stereocenters. The number of carbonyl (C=O) groups excluding carboxylic acids is 1. The molecule has 2 aromatic heterocycles. The van der Waals surface area contributed by atoms with Crippen LogP contribution in [-0.2, 0) is 5.41 Å². The van der Waals surface area contributed by atoms with Gasteiger partial charge < -0.3 is 5.73 Å². The number of thioether (sulfide) groups is 1. The standard InChI is InChI=1S/C12H16N4OS/c1-12(2,3)11-15-14-8-5-7(10(13)17)6-9(18-4)16(8)11/h5-6H,1-4H3,(H2,13,17). The van der Waals surface area contributed by atoms with Crippen molar-refractivity contribution in [2.45, 2.75) is 31.2 Å². The molecule has 1 amide bonds. The second-order valence-corrected chi connectivity index (χ2v) is 5.94. The van der Waals surface area contributed by atoms with E-state index in [4.69, 9.17) is 5.73 Å². The van der Waals surface area contributed by atoms with Crippen LogP contribution in [0, 0.1) is 0 Å². The molecule has 18 heavy (non-hydrogen) atoms. The average Bonchev–Trinajstić information content (AvgIpc) is 2.70. The van der Waals surface area contributed by atoms with E-state index >= 15 is 0 Å². The fourth-order valence-electron chi connectivity index (χ4n) is 1.76. The van der Waals surface area contributed by atoms with E-state index in [-0.39, 0.29) is 5.41 Å². The minimum Gasteiger partial charge on any atom is -0.366 e. The maximum Gasteiger partial charge on any atom is 0.248 e. The molecule has 6 heteroatoms. The minimum atomic E-state index is -0.451. The van der Waals surface area contributed by atoms with Crippen molar-refractivity contribution in [3.05, 3.63) is 23.5 Å². The van der Waals surface area contributed by atoms with E-state index in [1.54, 1.807) is 12.1 Å². The Morgan fingerprint density at radius 2 is 2.00 bits per heavy atom. The predicted octanol–water partition coefficient (Wildman–Crippen LogP) is 1.85. The van der Waals surface area contributed by atoms with Crippen LogP contribution in [0.4, 0.5) is 0 Å². The Morgan fingerprint density at radius 3 is 2.50 bits per heavy atom. The smallest absolute Gasteiger partial charge is 0.248 e. The Labute approximate surface area is 110 Å². The zero-order valence-corrected chi connectivity index (χ0v) is 11.7. The lowest BCUT2D eigenvalue weighted by molar-refractivity contribution is 0.1000. The van der Waals surface area contributed by atoms with Crippen molar-refractivity contribution >= 4 is 23.3 Å². The van der Waals surface area contributed by atoms with Crippen molar-refractivity contribution in [2.24, 2.45) is 5.73 Å². The van der Waals surface area contributed by atoms with E-state index in [2.05, 4.69) is 31.0 Å². The molecular formula is C12H16N4OS. The molecule has 0 bridgehead atoms. The number of hydrogen-bond donors (Lipinski definition) is 1. The first-order valence-corrected chi connectivity index (χ1v) is 6.80. The molecule has 2 rings (SSSR count). The van der Waals surface area contributed by atoms with Gasteiger partial charge in [0.2, 0.25) is 5.91 Å². The highest BCUT2D eigenvalue weighted by molar-refractivity contribution is 7.98. The van der Waals surface area contributed by atoms with Crippen molar-refractivity contribution in [2.75, 3.05) is 6.26 Å². The molecule has 0 spiro atoms. The van der Waals surface area contributed by atoms with E-state index in [1.807, 2.05) is 10.7 Å². The van der Waals surface area contributed by atoms with Gasteiger partial charge in [0.05, 0.1) is 5.03 Å². The average molecular weight is 264 g/mol. The van der Waals surface area contributed by atoms with Gasteiger partial charge in [0.1, 0.15) is 5.82 Å². The number of aromatic nitrogens is 3. The highest BCUT2D eigenvalue weighted by atomic mass is 32.2. The Bertz CT molecular complexity index is 612. The van der Waals surface area contributed by atoms with Crippen molar-refractivity contribution in [1.82, 2.24) is 14.6 Å². The van der Waals surface area contributed by atoms with Gasteiger partial charge in [-0.15, -0.1) is 22.0 Å². The Balaban J connectivity index is 2.78. The normalized spacial score (nSPS) is 12.0. The molecule has 0 aliphatic carbocycles. The lowest BCUT2D eigenvalue weighted by atomic mass is 9.96. The number of nitrogens with zero attached hydrogens (tertiary/aromatic N) is 3. The molecule has 0 aromatic carbocycles. The Morgan fingerprint density at radius 1 is 1.33 bits per heavy atom. The lowest BCUT2D eigenvalue weighted by Crippen LogP contribution is -2.17. The van der Waals surface area contributed by atoms with Gasteiger partial charge in [0.25, 0.3) is 0 Å². The molecule has 2 aromatic rings. The Hall–Kier alpha value is -1.56. The molecule has 0 aliphatic rings. The van der Waals surface area contributed by atoms with Gasteiger partial charge in [0, 0.05) is 11.0 Å². The topological polar surface area (TPSA) is 73.3 Å². The van der Waals surface area contributed by atoms with Crippen LogP contribution < -0.4 is 5.73 Å². The third-order valence-electron chi connectivity index (χ3n) is 2.64. The summed E-state index contributed by atoms with van der Waals surface area (Å²) in [5, 5.41) is 9.26. The molecular weight excluding hydrogens is 248 g/mol. The maximum atomic E-state index is 11.3. The first-order valence-electron chi connectivity index (χ1n) is 5.58. The Kier molecular flexibility index (Phi) is 3.06. The zero-order chi connectivity index (χ0) is 13.5. The lowest BCUT2D eigenvalue weighted by Gasteiger charge is -2.17. The largest absolute Gasteiger partial charge is 0.366 e. The van der Waals surface area contributed by atoms with E-state index in [0.29, 0.717) is 11.2 Å². The molecule has 96 valence electrons. The number of primary amides is 1. The van der Waals surface area contributed by atoms with Gasteiger partial charge in [-0.2, -0.15) is 0 Å². The van der Waals surface area contributed by atoms with E-state index in [0.717, 1.165) is 10.9 Å². The van der Waals surface area contributed by atoms with Crippen molar-refractivity contribution in [1.29, 1.82) is 0 Å². The van der Waals surface area contributed by atoms with Crippen LogP contribution >= 0.6 is 11.8 Å². The number of hydrogen-bond acceptors (Lipinski definition) is 4. The van der Waals surface area contributed by atoms with Crippen LogP contribution in [0.1, 0.15) is 37.0 Å².